The highest BCUT2D eigenvalue weighted by Crippen LogP contribution is 2.29. The SMILES string of the molecule is NCCOc1cccc2c1ccn2S(=O)(=O)c1ccccc1F. The van der Waals surface area contributed by atoms with Crippen LogP contribution in [0.3, 0.4) is 0 Å². The van der Waals surface area contributed by atoms with E-state index in [2.05, 4.69) is 0 Å². The van der Waals surface area contributed by atoms with E-state index in [1.807, 2.05) is 0 Å². The van der Waals surface area contributed by atoms with Crippen molar-refractivity contribution in [3.63, 3.8) is 0 Å². The van der Waals surface area contributed by atoms with Gasteiger partial charge in [0.05, 0.1) is 5.52 Å². The molecule has 2 N–H and O–H groups in total. The molecule has 0 bridgehead atoms. The van der Waals surface area contributed by atoms with Crippen LogP contribution < -0.4 is 10.5 Å². The summed E-state index contributed by atoms with van der Waals surface area (Å²) in [4.78, 5) is -0.370. The van der Waals surface area contributed by atoms with E-state index < -0.39 is 15.8 Å². The maximum atomic E-state index is 13.9. The van der Waals surface area contributed by atoms with E-state index in [0.717, 1.165) is 10.0 Å². The minimum Gasteiger partial charge on any atom is -0.492 e. The number of hydrogen-bond acceptors (Lipinski definition) is 4. The molecular weight excluding hydrogens is 319 g/mol. The maximum Gasteiger partial charge on any atom is 0.271 e. The van der Waals surface area contributed by atoms with Gasteiger partial charge >= 0.3 is 0 Å². The van der Waals surface area contributed by atoms with Gasteiger partial charge in [0.25, 0.3) is 10.0 Å². The van der Waals surface area contributed by atoms with Gasteiger partial charge < -0.3 is 10.5 Å². The van der Waals surface area contributed by atoms with Crippen molar-refractivity contribution in [2.24, 2.45) is 5.73 Å². The molecule has 0 saturated carbocycles. The third-order valence-corrected chi connectivity index (χ3v) is 5.13. The van der Waals surface area contributed by atoms with Crippen molar-refractivity contribution in [1.29, 1.82) is 0 Å². The molecule has 0 unspecified atom stereocenters. The first-order chi connectivity index (χ1) is 11.1. The van der Waals surface area contributed by atoms with Crippen LogP contribution in [0.2, 0.25) is 0 Å². The topological polar surface area (TPSA) is 74.3 Å². The fourth-order valence-electron chi connectivity index (χ4n) is 2.38. The standard InChI is InChI=1S/C16H15FN2O3S/c17-13-4-1-2-7-16(13)23(20,21)19-10-8-12-14(19)5-3-6-15(12)22-11-9-18/h1-8,10H,9,11,18H2. The number of nitrogens with zero attached hydrogens (tertiary/aromatic N) is 1. The van der Waals surface area contributed by atoms with Crippen molar-refractivity contribution >= 4 is 20.9 Å². The predicted molar refractivity (Wildman–Crippen MR) is 85.5 cm³/mol. The molecule has 0 radical (unpaired) electrons. The molecule has 2 aromatic carbocycles. The van der Waals surface area contributed by atoms with E-state index in [1.54, 1.807) is 24.3 Å². The van der Waals surface area contributed by atoms with Crippen LogP contribution >= 0.6 is 0 Å². The van der Waals surface area contributed by atoms with E-state index in [1.165, 1.54) is 24.4 Å². The van der Waals surface area contributed by atoms with E-state index in [0.29, 0.717) is 29.8 Å². The summed E-state index contributed by atoms with van der Waals surface area (Å²) in [6.45, 7) is 0.676. The lowest BCUT2D eigenvalue weighted by Gasteiger charge is -2.10. The van der Waals surface area contributed by atoms with E-state index >= 15 is 0 Å². The first kappa shape index (κ1) is 15.5. The van der Waals surface area contributed by atoms with Crippen LogP contribution in [-0.4, -0.2) is 25.5 Å². The Bertz CT molecular complexity index is 951. The highest BCUT2D eigenvalue weighted by Gasteiger charge is 2.23. The zero-order valence-corrected chi connectivity index (χ0v) is 13.0. The Balaban J connectivity index is 2.16. The first-order valence-corrected chi connectivity index (χ1v) is 8.43. The molecular formula is C16H15FN2O3S. The molecule has 0 aliphatic heterocycles. The minimum absolute atomic E-state index is 0.324. The fraction of sp³-hybridized carbons (Fsp3) is 0.125. The molecule has 3 rings (SSSR count). The molecule has 3 aromatic rings. The molecule has 1 heterocycles. The van der Waals surface area contributed by atoms with Crippen molar-refractivity contribution in [3.05, 3.63) is 60.5 Å². The van der Waals surface area contributed by atoms with Crippen LogP contribution in [0.1, 0.15) is 0 Å². The summed E-state index contributed by atoms with van der Waals surface area (Å²) in [5.41, 5.74) is 5.84. The molecule has 0 amide bonds. The summed E-state index contributed by atoms with van der Waals surface area (Å²) >= 11 is 0. The number of fused-ring (bicyclic) bond motifs is 1. The Morgan fingerprint density at radius 2 is 1.87 bits per heavy atom. The number of nitrogens with two attached hydrogens (primary N) is 1. The quantitative estimate of drug-likeness (QED) is 0.777. The van der Waals surface area contributed by atoms with Gasteiger partial charge in [-0.05, 0) is 30.3 Å². The average Bonchev–Trinajstić information content (AvgIpc) is 2.98. The monoisotopic (exact) mass is 334 g/mol. The number of aromatic nitrogens is 1. The van der Waals surface area contributed by atoms with Gasteiger partial charge in [-0.15, -0.1) is 0 Å². The van der Waals surface area contributed by atoms with Crippen LogP contribution in [0.5, 0.6) is 5.75 Å². The van der Waals surface area contributed by atoms with Gasteiger partial charge in [0.15, 0.2) is 0 Å². The smallest absolute Gasteiger partial charge is 0.271 e. The number of rotatable bonds is 5. The average molecular weight is 334 g/mol. The largest absolute Gasteiger partial charge is 0.492 e. The second-order valence-corrected chi connectivity index (χ2v) is 6.66. The summed E-state index contributed by atoms with van der Waals surface area (Å²) in [7, 11) is -4.03. The molecule has 0 fully saturated rings. The Morgan fingerprint density at radius 1 is 1.09 bits per heavy atom. The first-order valence-electron chi connectivity index (χ1n) is 6.99. The summed E-state index contributed by atoms with van der Waals surface area (Å²) < 4.78 is 45.9. The van der Waals surface area contributed by atoms with Crippen LogP contribution in [-0.2, 0) is 10.0 Å². The lowest BCUT2D eigenvalue weighted by Crippen LogP contribution is -2.13. The van der Waals surface area contributed by atoms with Crippen molar-refractivity contribution in [3.8, 4) is 5.75 Å². The van der Waals surface area contributed by atoms with Crippen LogP contribution in [0.15, 0.2) is 59.6 Å². The molecule has 0 aliphatic carbocycles. The van der Waals surface area contributed by atoms with E-state index in [-0.39, 0.29) is 4.90 Å². The zero-order valence-electron chi connectivity index (χ0n) is 12.1. The molecule has 0 aliphatic rings. The van der Waals surface area contributed by atoms with Crippen molar-refractivity contribution < 1.29 is 17.5 Å². The lowest BCUT2D eigenvalue weighted by atomic mass is 10.2. The summed E-state index contributed by atoms with van der Waals surface area (Å²) in [6.07, 6.45) is 1.39. The molecule has 0 atom stereocenters. The number of hydrogen-bond donors (Lipinski definition) is 1. The van der Waals surface area contributed by atoms with Gasteiger partial charge in [-0.3, -0.25) is 0 Å². The van der Waals surface area contributed by atoms with Gasteiger partial charge in [0.1, 0.15) is 23.1 Å². The highest BCUT2D eigenvalue weighted by molar-refractivity contribution is 7.90. The van der Waals surface area contributed by atoms with Gasteiger partial charge in [-0.1, -0.05) is 18.2 Å². The second-order valence-electron chi connectivity index (χ2n) is 4.87. The van der Waals surface area contributed by atoms with Crippen LogP contribution in [0.4, 0.5) is 4.39 Å². The second kappa shape index (κ2) is 6.02. The van der Waals surface area contributed by atoms with Crippen molar-refractivity contribution in [2.45, 2.75) is 4.90 Å². The van der Waals surface area contributed by atoms with Gasteiger partial charge in [0, 0.05) is 18.1 Å². The number of ether oxygens (including phenoxy) is 1. The summed E-state index contributed by atoms with van der Waals surface area (Å²) in [5, 5.41) is 0.626. The molecule has 7 heteroatoms. The van der Waals surface area contributed by atoms with Gasteiger partial charge in [0.2, 0.25) is 0 Å². The predicted octanol–water partition coefficient (Wildman–Crippen LogP) is 2.35. The lowest BCUT2D eigenvalue weighted by molar-refractivity contribution is 0.332. The Labute approximate surface area is 133 Å². The Morgan fingerprint density at radius 3 is 2.61 bits per heavy atom. The molecule has 5 nitrogen and oxygen atoms in total. The summed E-state index contributed by atoms with van der Waals surface area (Å²) in [6, 6.07) is 12.0. The fourth-order valence-corrected chi connectivity index (χ4v) is 3.80. The van der Waals surface area contributed by atoms with Crippen molar-refractivity contribution in [1.82, 2.24) is 3.97 Å². The van der Waals surface area contributed by atoms with Crippen LogP contribution in [0.25, 0.3) is 10.9 Å². The summed E-state index contributed by atoms with van der Waals surface area (Å²) in [5.74, 6) is -0.250. The van der Waals surface area contributed by atoms with Crippen molar-refractivity contribution in [2.75, 3.05) is 13.2 Å². The van der Waals surface area contributed by atoms with Gasteiger partial charge in [-0.2, -0.15) is 0 Å². The maximum absolute atomic E-state index is 13.9. The molecule has 120 valence electrons. The molecule has 1 aromatic heterocycles. The van der Waals surface area contributed by atoms with E-state index in [4.69, 9.17) is 10.5 Å². The third-order valence-electron chi connectivity index (χ3n) is 3.41. The molecule has 0 saturated heterocycles. The molecule has 0 spiro atoms. The number of benzene rings is 2. The molecule has 23 heavy (non-hydrogen) atoms. The van der Waals surface area contributed by atoms with Crippen LogP contribution in [0, 0.1) is 5.82 Å². The zero-order chi connectivity index (χ0) is 16.4. The van der Waals surface area contributed by atoms with Gasteiger partial charge in [-0.25, -0.2) is 16.8 Å². The minimum atomic E-state index is -4.03. The normalized spacial score (nSPS) is 11.7. The Kier molecular flexibility index (Phi) is 4.06. The third kappa shape index (κ3) is 2.69. The highest BCUT2D eigenvalue weighted by atomic mass is 32.2. The Hall–Kier alpha value is -2.38. The van der Waals surface area contributed by atoms with E-state index in [9.17, 15) is 12.8 Å². The number of halogens is 1.